The van der Waals surface area contributed by atoms with Crippen molar-refractivity contribution >= 4 is 11.8 Å². The van der Waals surface area contributed by atoms with Crippen LogP contribution >= 0.6 is 0 Å². The number of nitrogens with one attached hydrogen (secondary N) is 2. The number of hydrogen-bond acceptors (Lipinski definition) is 3. The second-order valence-electron chi connectivity index (χ2n) is 6.00. The molecule has 0 bridgehead atoms. The van der Waals surface area contributed by atoms with Gasteiger partial charge < -0.3 is 15.4 Å². The summed E-state index contributed by atoms with van der Waals surface area (Å²) in [5.41, 5.74) is 0. The van der Waals surface area contributed by atoms with Crippen molar-refractivity contribution in [2.24, 2.45) is 11.8 Å². The summed E-state index contributed by atoms with van der Waals surface area (Å²) in [6.45, 7) is 3.85. The van der Waals surface area contributed by atoms with Crippen molar-refractivity contribution in [1.29, 1.82) is 0 Å². The second-order valence-corrected chi connectivity index (χ2v) is 6.00. The summed E-state index contributed by atoms with van der Waals surface area (Å²) in [5.74, 6) is 0.628. The van der Waals surface area contributed by atoms with Gasteiger partial charge in [0, 0.05) is 19.5 Å². The van der Waals surface area contributed by atoms with Crippen molar-refractivity contribution in [1.82, 2.24) is 10.6 Å². The van der Waals surface area contributed by atoms with E-state index < -0.39 is 0 Å². The van der Waals surface area contributed by atoms with Gasteiger partial charge >= 0.3 is 0 Å². The first-order chi connectivity index (χ1) is 9.66. The van der Waals surface area contributed by atoms with E-state index in [9.17, 15) is 9.59 Å². The fourth-order valence-corrected chi connectivity index (χ4v) is 3.02. The standard InChI is InChI=1S/C15H26N2O3/c1-11-4-2-3-5-13(11)20-9-8-16-15(19)12-6-7-14(18)17-10-12/h11-13H,2-10H2,1H3,(H,16,19)(H,17,18)/t11-,12+,13+/m1/s1. The zero-order valence-corrected chi connectivity index (χ0v) is 12.3. The molecule has 3 atom stereocenters. The fourth-order valence-electron chi connectivity index (χ4n) is 3.02. The molecule has 0 spiro atoms. The number of amides is 2. The molecule has 2 amide bonds. The third-order valence-corrected chi connectivity index (χ3v) is 4.40. The second kappa shape index (κ2) is 7.62. The largest absolute Gasteiger partial charge is 0.376 e. The third kappa shape index (κ3) is 4.47. The number of piperidine rings is 1. The van der Waals surface area contributed by atoms with Crippen LogP contribution in [0.2, 0.25) is 0 Å². The Hall–Kier alpha value is -1.10. The topological polar surface area (TPSA) is 67.4 Å². The molecule has 5 nitrogen and oxygen atoms in total. The molecule has 2 aliphatic rings. The number of hydrogen-bond donors (Lipinski definition) is 2. The van der Waals surface area contributed by atoms with Gasteiger partial charge in [0.1, 0.15) is 0 Å². The highest BCUT2D eigenvalue weighted by atomic mass is 16.5. The molecule has 2 N–H and O–H groups in total. The molecule has 0 aromatic carbocycles. The molecule has 20 heavy (non-hydrogen) atoms. The van der Waals surface area contributed by atoms with E-state index >= 15 is 0 Å². The lowest BCUT2D eigenvalue weighted by molar-refractivity contribution is -0.129. The van der Waals surface area contributed by atoms with Crippen molar-refractivity contribution in [3.8, 4) is 0 Å². The summed E-state index contributed by atoms with van der Waals surface area (Å²) < 4.78 is 5.87. The Labute approximate surface area is 120 Å². The molecule has 1 heterocycles. The maximum absolute atomic E-state index is 11.9. The minimum absolute atomic E-state index is 0.0327. The Morgan fingerprint density at radius 1 is 1.35 bits per heavy atom. The van der Waals surface area contributed by atoms with E-state index in [0.29, 0.717) is 44.6 Å². The van der Waals surface area contributed by atoms with Crippen LogP contribution in [0.4, 0.5) is 0 Å². The molecule has 2 rings (SSSR count). The molecule has 1 aliphatic carbocycles. The predicted octanol–water partition coefficient (Wildman–Crippen LogP) is 1.22. The molecule has 114 valence electrons. The highest BCUT2D eigenvalue weighted by Crippen LogP contribution is 2.25. The van der Waals surface area contributed by atoms with Gasteiger partial charge in [0.15, 0.2) is 0 Å². The van der Waals surface area contributed by atoms with Gasteiger partial charge in [-0.05, 0) is 25.2 Å². The average molecular weight is 282 g/mol. The van der Waals surface area contributed by atoms with Gasteiger partial charge in [-0.3, -0.25) is 9.59 Å². The van der Waals surface area contributed by atoms with E-state index in [2.05, 4.69) is 17.6 Å². The maximum Gasteiger partial charge on any atom is 0.224 e. The highest BCUT2D eigenvalue weighted by molar-refractivity contribution is 5.83. The zero-order chi connectivity index (χ0) is 14.4. The summed E-state index contributed by atoms with van der Waals surface area (Å²) in [6, 6.07) is 0. The van der Waals surface area contributed by atoms with Gasteiger partial charge in [-0.25, -0.2) is 0 Å². The van der Waals surface area contributed by atoms with Gasteiger partial charge in [0.05, 0.1) is 18.6 Å². The molecular formula is C15H26N2O3. The molecule has 0 radical (unpaired) electrons. The first-order valence-electron chi connectivity index (χ1n) is 7.83. The Morgan fingerprint density at radius 2 is 2.15 bits per heavy atom. The van der Waals surface area contributed by atoms with Crippen LogP contribution in [-0.2, 0) is 14.3 Å². The van der Waals surface area contributed by atoms with Crippen LogP contribution in [0.15, 0.2) is 0 Å². The average Bonchev–Trinajstić information content (AvgIpc) is 2.46. The Balaban J connectivity index is 1.58. The highest BCUT2D eigenvalue weighted by Gasteiger charge is 2.24. The summed E-state index contributed by atoms with van der Waals surface area (Å²) in [4.78, 5) is 22.9. The van der Waals surface area contributed by atoms with Crippen LogP contribution in [0.5, 0.6) is 0 Å². The molecule has 0 aromatic rings. The molecule has 5 heteroatoms. The quantitative estimate of drug-likeness (QED) is 0.745. The summed E-state index contributed by atoms with van der Waals surface area (Å²) in [5, 5.41) is 5.64. The molecule has 0 aromatic heterocycles. The lowest BCUT2D eigenvalue weighted by atomic mass is 9.88. The normalized spacial score (nSPS) is 30.6. The van der Waals surface area contributed by atoms with E-state index in [-0.39, 0.29) is 17.7 Å². The van der Waals surface area contributed by atoms with Gasteiger partial charge in [-0.1, -0.05) is 19.8 Å². The maximum atomic E-state index is 11.9. The molecule has 0 unspecified atom stereocenters. The SMILES string of the molecule is C[C@@H]1CCCC[C@@H]1OCCNC(=O)[C@H]1CCC(=O)NC1. The lowest BCUT2D eigenvalue weighted by Crippen LogP contribution is -2.43. The van der Waals surface area contributed by atoms with Crippen LogP contribution in [0, 0.1) is 11.8 Å². The van der Waals surface area contributed by atoms with Crippen molar-refractivity contribution in [3.05, 3.63) is 0 Å². The first kappa shape index (κ1) is 15.3. The zero-order valence-electron chi connectivity index (χ0n) is 12.3. The first-order valence-corrected chi connectivity index (χ1v) is 7.83. The number of carbonyl (C=O) groups is 2. The van der Waals surface area contributed by atoms with E-state index in [4.69, 9.17) is 4.74 Å². The van der Waals surface area contributed by atoms with Crippen LogP contribution < -0.4 is 10.6 Å². The number of rotatable bonds is 5. The molecule has 1 saturated carbocycles. The van der Waals surface area contributed by atoms with Gasteiger partial charge in [0.25, 0.3) is 0 Å². The Morgan fingerprint density at radius 3 is 2.85 bits per heavy atom. The van der Waals surface area contributed by atoms with Crippen LogP contribution in [0.25, 0.3) is 0 Å². The Kier molecular flexibility index (Phi) is 5.83. The fraction of sp³-hybridized carbons (Fsp3) is 0.867. The number of ether oxygens (including phenoxy) is 1. The molecular weight excluding hydrogens is 256 g/mol. The van der Waals surface area contributed by atoms with E-state index in [1.165, 1.54) is 19.3 Å². The third-order valence-electron chi connectivity index (χ3n) is 4.40. The summed E-state index contributed by atoms with van der Waals surface area (Å²) in [6.07, 6.45) is 6.41. The van der Waals surface area contributed by atoms with Crippen LogP contribution in [0.1, 0.15) is 45.4 Å². The van der Waals surface area contributed by atoms with Crippen molar-refractivity contribution < 1.29 is 14.3 Å². The van der Waals surface area contributed by atoms with Gasteiger partial charge in [0.2, 0.25) is 11.8 Å². The van der Waals surface area contributed by atoms with Crippen molar-refractivity contribution in [2.45, 2.75) is 51.6 Å². The van der Waals surface area contributed by atoms with Gasteiger partial charge in [-0.2, -0.15) is 0 Å². The van der Waals surface area contributed by atoms with Crippen molar-refractivity contribution in [3.63, 3.8) is 0 Å². The van der Waals surface area contributed by atoms with E-state index in [1.807, 2.05) is 0 Å². The summed E-state index contributed by atoms with van der Waals surface area (Å²) >= 11 is 0. The smallest absolute Gasteiger partial charge is 0.224 e. The number of carbonyl (C=O) groups excluding carboxylic acids is 2. The summed E-state index contributed by atoms with van der Waals surface area (Å²) in [7, 11) is 0. The minimum Gasteiger partial charge on any atom is -0.376 e. The van der Waals surface area contributed by atoms with E-state index in [0.717, 1.165) is 6.42 Å². The molecule has 2 fully saturated rings. The molecule has 1 saturated heterocycles. The van der Waals surface area contributed by atoms with Crippen molar-refractivity contribution in [2.75, 3.05) is 19.7 Å². The van der Waals surface area contributed by atoms with E-state index in [1.54, 1.807) is 0 Å². The lowest BCUT2D eigenvalue weighted by Gasteiger charge is -2.29. The molecule has 1 aliphatic heterocycles. The minimum atomic E-state index is -0.0821. The monoisotopic (exact) mass is 282 g/mol. The van der Waals surface area contributed by atoms with Crippen LogP contribution in [-0.4, -0.2) is 37.6 Å². The predicted molar refractivity (Wildman–Crippen MR) is 76.1 cm³/mol. The van der Waals surface area contributed by atoms with Gasteiger partial charge in [-0.15, -0.1) is 0 Å². The Bertz CT molecular complexity index is 336. The van der Waals surface area contributed by atoms with Crippen LogP contribution in [0.3, 0.4) is 0 Å².